The monoisotopic (exact) mass is 379 g/mol. The van der Waals surface area contributed by atoms with E-state index in [2.05, 4.69) is 21.2 Å². The summed E-state index contributed by atoms with van der Waals surface area (Å²) in [5, 5.41) is 12.6. The van der Waals surface area contributed by atoms with Crippen LogP contribution in [0.1, 0.15) is 18.1 Å². The molecule has 0 aliphatic carbocycles. The molecule has 0 spiro atoms. The average molecular weight is 380 g/mol. The van der Waals surface area contributed by atoms with Crippen LogP contribution in [-0.2, 0) is 13.2 Å². The first-order chi connectivity index (χ1) is 11.1. The van der Waals surface area contributed by atoms with Gasteiger partial charge in [0.05, 0.1) is 13.2 Å². The van der Waals surface area contributed by atoms with Crippen molar-refractivity contribution >= 4 is 15.9 Å². The maximum absolute atomic E-state index is 9.38. The predicted molar refractivity (Wildman–Crippen MR) is 94.9 cm³/mol. The molecule has 124 valence electrons. The lowest BCUT2D eigenvalue weighted by atomic mass is 10.1. The van der Waals surface area contributed by atoms with E-state index in [4.69, 9.17) is 9.47 Å². The normalized spacial score (nSPS) is 12.0. The molecule has 23 heavy (non-hydrogen) atoms. The molecule has 4 nitrogen and oxygen atoms in total. The molecule has 2 N–H and O–H groups in total. The number of rotatable bonds is 8. The smallest absolute Gasteiger partial charge is 0.166 e. The highest BCUT2D eigenvalue weighted by Gasteiger charge is 2.13. The zero-order valence-electron chi connectivity index (χ0n) is 13.4. The van der Waals surface area contributed by atoms with Crippen LogP contribution >= 0.6 is 15.9 Å². The zero-order chi connectivity index (χ0) is 16.7. The summed E-state index contributed by atoms with van der Waals surface area (Å²) in [5.74, 6) is 1.40. The molecule has 2 aromatic carbocycles. The van der Waals surface area contributed by atoms with Crippen molar-refractivity contribution in [3.8, 4) is 11.5 Å². The second-order valence-electron chi connectivity index (χ2n) is 5.35. The van der Waals surface area contributed by atoms with Crippen LogP contribution in [0.5, 0.6) is 11.5 Å². The molecule has 0 saturated carbocycles. The number of nitrogens with one attached hydrogen (secondary N) is 1. The van der Waals surface area contributed by atoms with Gasteiger partial charge in [-0.2, -0.15) is 0 Å². The van der Waals surface area contributed by atoms with Gasteiger partial charge in [0, 0.05) is 23.1 Å². The van der Waals surface area contributed by atoms with Gasteiger partial charge in [-0.05, 0) is 24.6 Å². The topological polar surface area (TPSA) is 50.7 Å². The minimum atomic E-state index is -0.391. The fraction of sp³-hybridized carbons (Fsp3) is 0.333. The third kappa shape index (κ3) is 5.53. The molecule has 0 saturated heterocycles. The zero-order valence-corrected chi connectivity index (χ0v) is 15.0. The third-order valence-electron chi connectivity index (χ3n) is 3.30. The van der Waals surface area contributed by atoms with Crippen molar-refractivity contribution < 1.29 is 14.6 Å². The predicted octanol–water partition coefficient (Wildman–Crippen LogP) is 3.51. The molecule has 0 radical (unpaired) electrons. The van der Waals surface area contributed by atoms with E-state index in [1.54, 1.807) is 14.0 Å². The summed E-state index contributed by atoms with van der Waals surface area (Å²) >= 11 is 3.49. The quantitative estimate of drug-likeness (QED) is 0.736. The molecule has 0 aliphatic heterocycles. The maximum Gasteiger partial charge on any atom is 0.166 e. The lowest BCUT2D eigenvalue weighted by Gasteiger charge is -2.17. The average Bonchev–Trinajstić information content (AvgIpc) is 2.54. The first-order valence-corrected chi connectivity index (χ1v) is 8.31. The Morgan fingerprint density at radius 2 is 1.96 bits per heavy atom. The standard InChI is InChI=1S/C18H22BrNO3/c1-13(21)10-20-11-15-8-16(19)9-17(22-2)18(15)23-12-14-6-4-3-5-7-14/h3-9,13,20-21H,10-12H2,1-2H3. The first-order valence-electron chi connectivity index (χ1n) is 7.52. The molecular weight excluding hydrogens is 358 g/mol. The van der Waals surface area contributed by atoms with Crippen molar-refractivity contribution in [3.05, 3.63) is 58.1 Å². The van der Waals surface area contributed by atoms with Gasteiger partial charge in [0.1, 0.15) is 6.61 Å². The Morgan fingerprint density at radius 3 is 2.61 bits per heavy atom. The lowest BCUT2D eigenvalue weighted by molar-refractivity contribution is 0.190. The van der Waals surface area contributed by atoms with Gasteiger partial charge in [0.25, 0.3) is 0 Å². The van der Waals surface area contributed by atoms with E-state index in [1.165, 1.54) is 0 Å². The van der Waals surface area contributed by atoms with Gasteiger partial charge in [-0.15, -0.1) is 0 Å². The summed E-state index contributed by atoms with van der Waals surface area (Å²) in [4.78, 5) is 0. The Bertz CT molecular complexity index is 617. The van der Waals surface area contributed by atoms with Gasteiger partial charge >= 0.3 is 0 Å². The van der Waals surface area contributed by atoms with Crippen LogP contribution in [-0.4, -0.2) is 24.9 Å². The number of hydrogen-bond donors (Lipinski definition) is 2. The summed E-state index contributed by atoms with van der Waals surface area (Å²) in [5.41, 5.74) is 2.08. The number of hydrogen-bond acceptors (Lipinski definition) is 4. The van der Waals surface area contributed by atoms with Crippen molar-refractivity contribution in [1.82, 2.24) is 5.32 Å². The SMILES string of the molecule is COc1cc(Br)cc(CNCC(C)O)c1OCc1ccccc1. The maximum atomic E-state index is 9.38. The van der Waals surface area contributed by atoms with E-state index in [0.717, 1.165) is 21.3 Å². The largest absolute Gasteiger partial charge is 0.493 e. The van der Waals surface area contributed by atoms with Crippen molar-refractivity contribution in [3.63, 3.8) is 0 Å². The van der Waals surface area contributed by atoms with Gasteiger partial charge in [0.2, 0.25) is 0 Å². The van der Waals surface area contributed by atoms with Crippen LogP contribution in [0.15, 0.2) is 46.9 Å². The fourth-order valence-electron chi connectivity index (χ4n) is 2.21. The van der Waals surface area contributed by atoms with Crippen LogP contribution in [0, 0.1) is 0 Å². The van der Waals surface area contributed by atoms with Crippen molar-refractivity contribution in [1.29, 1.82) is 0 Å². The highest BCUT2D eigenvalue weighted by molar-refractivity contribution is 9.10. The molecule has 5 heteroatoms. The molecule has 1 unspecified atom stereocenters. The number of methoxy groups -OCH3 is 1. The molecule has 2 aromatic rings. The summed E-state index contributed by atoms with van der Waals surface area (Å²) in [7, 11) is 1.63. The molecular formula is C18H22BrNO3. The van der Waals surface area contributed by atoms with Crippen molar-refractivity contribution in [2.45, 2.75) is 26.2 Å². The number of ether oxygens (including phenoxy) is 2. The molecule has 0 amide bonds. The van der Waals surface area contributed by atoms with Crippen LogP contribution in [0.4, 0.5) is 0 Å². The second kappa shape index (κ2) is 8.91. The number of benzene rings is 2. The second-order valence-corrected chi connectivity index (χ2v) is 6.27. The molecule has 0 fully saturated rings. The van der Waals surface area contributed by atoms with Crippen LogP contribution in [0.25, 0.3) is 0 Å². The van der Waals surface area contributed by atoms with E-state index in [-0.39, 0.29) is 0 Å². The van der Waals surface area contributed by atoms with Crippen LogP contribution < -0.4 is 14.8 Å². The number of aliphatic hydroxyl groups is 1. The van der Waals surface area contributed by atoms with Crippen molar-refractivity contribution in [2.24, 2.45) is 0 Å². The molecule has 0 heterocycles. The highest BCUT2D eigenvalue weighted by Crippen LogP contribution is 2.35. The van der Waals surface area contributed by atoms with E-state index < -0.39 is 6.10 Å². The Morgan fingerprint density at radius 1 is 1.22 bits per heavy atom. The van der Waals surface area contributed by atoms with Crippen LogP contribution in [0.3, 0.4) is 0 Å². The summed E-state index contributed by atoms with van der Waals surface area (Å²) in [6.07, 6.45) is -0.391. The minimum absolute atomic E-state index is 0.391. The van der Waals surface area contributed by atoms with E-state index in [0.29, 0.717) is 25.4 Å². The molecule has 0 aliphatic rings. The summed E-state index contributed by atoms with van der Waals surface area (Å²) in [6.45, 7) is 3.33. The molecule has 1 atom stereocenters. The van der Waals surface area contributed by atoms with Gasteiger partial charge in [-0.1, -0.05) is 46.3 Å². The molecule has 0 aromatic heterocycles. The fourth-order valence-corrected chi connectivity index (χ4v) is 2.70. The Hall–Kier alpha value is -1.56. The summed E-state index contributed by atoms with van der Waals surface area (Å²) in [6, 6.07) is 13.9. The van der Waals surface area contributed by atoms with Gasteiger partial charge in [-0.25, -0.2) is 0 Å². The Balaban J connectivity index is 2.16. The third-order valence-corrected chi connectivity index (χ3v) is 3.76. The van der Waals surface area contributed by atoms with E-state index in [9.17, 15) is 5.11 Å². The van der Waals surface area contributed by atoms with E-state index >= 15 is 0 Å². The van der Waals surface area contributed by atoms with E-state index in [1.807, 2.05) is 42.5 Å². The highest BCUT2D eigenvalue weighted by atomic mass is 79.9. The number of halogens is 1. The number of aliphatic hydroxyl groups excluding tert-OH is 1. The molecule has 0 bridgehead atoms. The van der Waals surface area contributed by atoms with Gasteiger partial charge < -0.3 is 19.9 Å². The van der Waals surface area contributed by atoms with Crippen LogP contribution in [0.2, 0.25) is 0 Å². The Labute approximate surface area is 145 Å². The van der Waals surface area contributed by atoms with Crippen molar-refractivity contribution in [2.75, 3.05) is 13.7 Å². The summed E-state index contributed by atoms with van der Waals surface area (Å²) < 4.78 is 12.4. The minimum Gasteiger partial charge on any atom is -0.493 e. The lowest BCUT2D eigenvalue weighted by Crippen LogP contribution is -2.24. The van der Waals surface area contributed by atoms with Gasteiger partial charge in [0.15, 0.2) is 11.5 Å². The Kier molecular flexibility index (Phi) is 6.89. The molecule has 2 rings (SSSR count). The van der Waals surface area contributed by atoms with Gasteiger partial charge in [-0.3, -0.25) is 0 Å². The first kappa shape index (κ1) is 17.8.